The summed E-state index contributed by atoms with van der Waals surface area (Å²) in [5.74, 6) is 4.32. The largest absolute Gasteiger partial charge is 0.293 e. The van der Waals surface area contributed by atoms with Crippen LogP contribution in [0.25, 0.3) is 0 Å². The zero-order valence-electron chi connectivity index (χ0n) is 5.91. The van der Waals surface area contributed by atoms with Gasteiger partial charge in [-0.25, -0.2) is 14.3 Å². The van der Waals surface area contributed by atoms with Crippen LogP contribution in [0, 0.1) is 0 Å². The maximum Gasteiger partial charge on any atom is 0.252 e. The van der Waals surface area contributed by atoms with E-state index in [-0.39, 0.29) is 5.75 Å². The molecule has 1 saturated heterocycles. The molecule has 1 unspecified atom stereocenters. The molecule has 6 heteroatoms. The summed E-state index contributed by atoms with van der Waals surface area (Å²) in [7, 11) is -3.19. The number of amides is 1. The summed E-state index contributed by atoms with van der Waals surface area (Å²) in [4.78, 5) is 10.8. The third kappa shape index (κ3) is 1.51. The van der Waals surface area contributed by atoms with Crippen LogP contribution in [-0.4, -0.2) is 25.3 Å². The lowest BCUT2D eigenvalue weighted by Crippen LogP contribution is -2.41. The predicted molar refractivity (Wildman–Crippen MR) is 39.1 cm³/mol. The fourth-order valence-electron chi connectivity index (χ4n) is 1.18. The zero-order valence-corrected chi connectivity index (χ0v) is 6.73. The molecule has 1 aliphatic rings. The molecule has 0 bridgehead atoms. The van der Waals surface area contributed by atoms with Crippen LogP contribution in [0.4, 0.5) is 0 Å². The zero-order chi connectivity index (χ0) is 8.48. The van der Waals surface area contributed by atoms with Gasteiger partial charge in [0.15, 0.2) is 9.84 Å². The van der Waals surface area contributed by atoms with E-state index < -0.39 is 21.0 Å². The minimum atomic E-state index is -3.19. The van der Waals surface area contributed by atoms with Gasteiger partial charge in [0.05, 0.1) is 5.75 Å². The van der Waals surface area contributed by atoms with Crippen molar-refractivity contribution in [3.8, 4) is 0 Å². The molecule has 1 aliphatic heterocycles. The minimum Gasteiger partial charge on any atom is -0.293 e. The van der Waals surface area contributed by atoms with Gasteiger partial charge in [0.1, 0.15) is 5.25 Å². The van der Waals surface area contributed by atoms with Crippen molar-refractivity contribution in [1.82, 2.24) is 5.43 Å². The third-order valence-electron chi connectivity index (χ3n) is 1.76. The van der Waals surface area contributed by atoms with Crippen LogP contribution in [0.2, 0.25) is 0 Å². The average Bonchev–Trinajstić information content (AvgIpc) is 2.28. The van der Waals surface area contributed by atoms with Crippen LogP contribution < -0.4 is 11.3 Å². The van der Waals surface area contributed by atoms with Crippen LogP contribution in [0.3, 0.4) is 0 Å². The van der Waals surface area contributed by atoms with E-state index in [0.29, 0.717) is 12.8 Å². The van der Waals surface area contributed by atoms with E-state index >= 15 is 0 Å². The van der Waals surface area contributed by atoms with E-state index in [1.165, 1.54) is 0 Å². The van der Waals surface area contributed by atoms with Crippen LogP contribution in [0.15, 0.2) is 0 Å². The Bertz CT molecular complexity index is 259. The Kier molecular flexibility index (Phi) is 2.15. The van der Waals surface area contributed by atoms with Crippen molar-refractivity contribution in [2.24, 2.45) is 5.84 Å². The first-order valence-electron chi connectivity index (χ1n) is 3.30. The molecule has 0 spiro atoms. The molecule has 0 saturated carbocycles. The van der Waals surface area contributed by atoms with Gasteiger partial charge in [0, 0.05) is 0 Å². The number of hydrogen-bond donors (Lipinski definition) is 2. The highest BCUT2D eigenvalue weighted by Gasteiger charge is 2.36. The number of nitrogens with one attached hydrogen (secondary N) is 1. The van der Waals surface area contributed by atoms with Gasteiger partial charge in [-0.3, -0.25) is 10.2 Å². The van der Waals surface area contributed by atoms with Gasteiger partial charge in [-0.1, -0.05) is 0 Å². The first-order chi connectivity index (χ1) is 5.08. The van der Waals surface area contributed by atoms with Crippen molar-refractivity contribution in [3.63, 3.8) is 0 Å². The second-order valence-corrected chi connectivity index (χ2v) is 4.81. The highest BCUT2D eigenvalue weighted by molar-refractivity contribution is 7.93. The summed E-state index contributed by atoms with van der Waals surface area (Å²) < 4.78 is 22.1. The van der Waals surface area contributed by atoms with E-state index in [2.05, 4.69) is 0 Å². The van der Waals surface area contributed by atoms with E-state index in [9.17, 15) is 13.2 Å². The van der Waals surface area contributed by atoms with Crippen molar-refractivity contribution in [2.75, 3.05) is 5.75 Å². The van der Waals surface area contributed by atoms with Gasteiger partial charge < -0.3 is 0 Å². The molecule has 1 atom stereocenters. The monoisotopic (exact) mass is 178 g/mol. The highest BCUT2D eigenvalue weighted by Crippen LogP contribution is 2.19. The van der Waals surface area contributed by atoms with Crippen LogP contribution in [0.1, 0.15) is 12.8 Å². The van der Waals surface area contributed by atoms with Crippen molar-refractivity contribution >= 4 is 15.7 Å². The van der Waals surface area contributed by atoms with Gasteiger partial charge in [-0.15, -0.1) is 0 Å². The maximum atomic E-state index is 11.0. The SMILES string of the molecule is NNC(=O)C1CCCS1(=O)=O. The van der Waals surface area contributed by atoms with E-state index in [1.54, 1.807) is 0 Å². The smallest absolute Gasteiger partial charge is 0.252 e. The molecule has 1 heterocycles. The van der Waals surface area contributed by atoms with Gasteiger partial charge in [-0.2, -0.15) is 0 Å². The second-order valence-electron chi connectivity index (χ2n) is 2.51. The Morgan fingerprint density at radius 2 is 2.18 bits per heavy atom. The lowest BCUT2D eigenvalue weighted by molar-refractivity contribution is -0.120. The molecule has 3 N–H and O–H groups in total. The summed E-state index contributed by atoms with van der Waals surface area (Å²) in [5, 5.41) is -0.910. The Labute approximate surface area is 64.8 Å². The van der Waals surface area contributed by atoms with Crippen molar-refractivity contribution in [2.45, 2.75) is 18.1 Å². The molecular weight excluding hydrogens is 168 g/mol. The number of sulfone groups is 1. The Balaban J connectivity index is 2.82. The standard InChI is InChI=1S/C5H10N2O3S/c6-7-5(8)4-2-1-3-11(4,9)10/h4H,1-3,6H2,(H,7,8). The summed E-state index contributed by atoms with van der Waals surface area (Å²) in [6, 6.07) is 0. The predicted octanol–water partition coefficient (Wildman–Crippen LogP) is -1.45. The van der Waals surface area contributed by atoms with Crippen LogP contribution >= 0.6 is 0 Å². The quantitative estimate of drug-likeness (QED) is 0.292. The number of nitrogens with two attached hydrogens (primary N) is 1. The molecule has 0 aliphatic carbocycles. The Morgan fingerprint density at radius 3 is 2.55 bits per heavy atom. The normalized spacial score (nSPS) is 28.3. The number of rotatable bonds is 1. The van der Waals surface area contributed by atoms with Gasteiger partial charge in [0.2, 0.25) is 0 Å². The molecule has 1 rings (SSSR count). The Hall–Kier alpha value is -0.620. The van der Waals surface area contributed by atoms with Crippen LogP contribution in [0.5, 0.6) is 0 Å². The number of carbonyl (C=O) groups is 1. The van der Waals surface area contributed by atoms with Gasteiger partial charge in [0.25, 0.3) is 5.91 Å². The van der Waals surface area contributed by atoms with Crippen LogP contribution in [-0.2, 0) is 14.6 Å². The molecule has 0 aromatic rings. The number of carbonyl (C=O) groups excluding carboxylic acids is 1. The fraction of sp³-hybridized carbons (Fsp3) is 0.800. The molecule has 11 heavy (non-hydrogen) atoms. The second kappa shape index (κ2) is 2.78. The molecular formula is C5H10N2O3S. The maximum absolute atomic E-state index is 11.0. The topological polar surface area (TPSA) is 89.3 Å². The van der Waals surface area contributed by atoms with E-state index in [1.807, 2.05) is 5.43 Å². The van der Waals surface area contributed by atoms with E-state index in [0.717, 1.165) is 0 Å². The average molecular weight is 178 g/mol. The molecule has 0 radical (unpaired) electrons. The number of hydrogen-bond acceptors (Lipinski definition) is 4. The van der Waals surface area contributed by atoms with Gasteiger partial charge in [-0.05, 0) is 12.8 Å². The summed E-state index contributed by atoms with van der Waals surface area (Å²) in [5.41, 5.74) is 1.84. The molecule has 1 amide bonds. The lowest BCUT2D eigenvalue weighted by Gasteiger charge is -2.05. The summed E-state index contributed by atoms with van der Waals surface area (Å²) >= 11 is 0. The highest BCUT2D eigenvalue weighted by atomic mass is 32.2. The molecule has 1 fully saturated rings. The molecule has 5 nitrogen and oxygen atoms in total. The van der Waals surface area contributed by atoms with Crippen molar-refractivity contribution in [1.29, 1.82) is 0 Å². The van der Waals surface area contributed by atoms with Gasteiger partial charge >= 0.3 is 0 Å². The molecule has 0 aromatic heterocycles. The molecule has 64 valence electrons. The van der Waals surface area contributed by atoms with Crippen molar-refractivity contribution in [3.05, 3.63) is 0 Å². The Morgan fingerprint density at radius 1 is 1.55 bits per heavy atom. The molecule has 0 aromatic carbocycles. The summed E-state index contributed by atoms with van der Waals surface area (Å²) in [6.45, 7) is 0. The third-order valence-corrected chi connectivity index (χ3v) is 3.94. The first-order valence-corrected chi connectivity index (χ1v) is 5.01. The number of hydrazine groups is 1. The lowest BCUT2D eigenvalue weighted by atomic mass is 10.2. The fourth-order valence-corrected chi connectivity index (χ4v) is 2.95. The van der Waals surface area contributed by atoms with Crippen molar-refractivity contribution < 1.29 is 13.2 Å². The first kappa shape index (κ1) is 8.48. The van der Waals surface area contributed by atoms with E-state index in [4.69, 9.17) is 5.84 Å². The summed E-state index contributed by atoms with van der Waals surface area (Å²) in [6.07, 6.45) is 0.950. The minimum absolute atomic E-state index is 0.102.